The van der Waals surface area contributed by atoms with Crippen LogP contribution in [0.3, 0.4) is 0 Å². The van der Waals surface area contributed by atoms with E-state index in [1.807, 2.05) is 20.8 Å². The smallest absolute Gasteiger partial charge is 0.255 e. The molecule has 2 N–H and O–H groups in total. The van der Waals surface area contributed by atoms with Crippen molar-refractivity contribution in [2.45, 2.75) is 63.5 Å². The average Bonchev–Trinajstić information content (AvgIpc) is 3.38. The third-order valence-corrected chi connectivity index (χ3v) is 8.26. The summed E-state index contributed by atoms with van der Waals surface area (Å²) in [5.41, 5.74) is 1.04. The third kappa shape index (κ3) is 5.15. The molecule has 2 aliphatic rings. The number of hydrogen-bond donors (Lipinski definition) is 2. The highest BCUT2D eigenvalue weighted by molar-refractivity contribution is 7.89. The molecular weight excluding hydrogens is 424 g/mol. The third-order valence-electron chi connectivity index (χ3n) is 6.69. The van der Waals surface area contributed by atoms with E-state index < -0.39 is 10.0 Å². The largest absolute Gasteiger partial charge is 0.491 e. The van der Waals surface area contributed by atoms with Gasteiger partial charge in [0.25, 0.3) is 5.91 Å². The summed E-state index contributed by atoms with van der Waals surface area (Å²) in [5.74, 6) is 2.30. The molecule has 0 spiro atoms. The van der Waals surface area contributed by atoms with E-state index in [-0.39, 0.29) is 22.9 Å². The number of carbonyl (C=O) groups is 1. The number of anilines is 1. The fourth-order valence-electron chi connectivity index (χ4n) is 5.18. The summed E-state index contributed by atoms with van der Waals surface area (Å²) in [6, 6.07) is 13.1. The lowest BCUT2D eigenvalue weighted by molar-refractivity contribution is 0.102. The Bertz CT molecular complexity index is 1050. The first-order chi connectivity index (χ1) is 15.2. The molecule has 7 heteroatoms. The zero-order valence-electron chi connectivity index (χ0n) is 18.9. The number of nitrogens with one attached hydrogen (secondary N) is 2. The zero-order valence-corrected chi connectivity index (χ0v) is 19.7. The number of benzene rings is 2. The molecule has 0 heterocycles. The molecular formula is C25H32N2O4S. The fraction of sp³-hybridized carbons (Fsp3) is 0.480. The first kappa shape index (κ1) is 22.8. The van der Waals surface area contributed by atoms with Crippen LogP contribution in [0.1, 0.15) is 56.8 Å². The SMILES string of the molecule is CC(C)Oc1ccc(C(=O)Nc2ccc(S(=O)(=O)N[C@H](C)[C@H]3C[C@@H]4CC[C@@H]3C4)cc2)cc1. The van der Waals surface area contributed by atoms with E-state index in [9.17, 15) is 13.2 Å². The maximum atomic E-state index is 12.9. The molecule has 2 aromatic rings. The van der Waals surface area contributed by atoms with Gasteiger partial charge in [0.1, 0.15) is 5.75 Å². The maximum Gasteiger partial charge on any atom is 0.255 e. The van der Waals surface area contributed by atoms with E-state index in [4.69, 9.17) is 4.74 Å². The summed E-state index contributed by atoms with van der Waals surface area (Å²) in [6.07, 6.45) is 4.96. The van der Waals surface area contributed by atoms with Crippen LogP contribution in [-0.2, 0) is 10.0 Å². The van der Waals surface area contributed by atoms with Crippen molar-refractivity contribution in [3.8, 4) is 5.75 Å². The summed E-state index contributed by atoms with van der Waals surface area (Å²) < 4.78 is 34.2. The number of amides is 1. The Morgan fingerprint density at radius 3 is 2.22 bits per heavy atom. The average molecular weight is 457 g/mol. The molecule has 0 aliphatic heterocycles. The molecule has 2 saturated carbocycles. The Balaban J connectivity index is 1.36. The van der Waals surface area contributed by atoms with Crippen molar-refractivity contribution in [1.82, 2.24) is 4.72 Å². The van der Waals surface area contributed by atoms with Crippen LogP contribution in [0.2, 0.25) is 0 Å². The quantitative estimate of drug-likeness (QED) is 0.596. The number of ether oxygens (including phenoxy) is 1. The molecule has 0 radical (unpaired) electrons. The van der Waals surface area contributed by atoms with Crippen molar-refractivity contribution in [3.05, 3.63) is 54.1 Å². The van der Waals surface area contributed by atoms with Crippen molar-refractivity contribution >= 4 is 21.6 Å². The molecule has 1 amide bonds. The summed E-state index contributed by atoms with van der Waals surface area (Å²) in [5, 5.41) is 2.81. The van der Waals surface area contributed by atoms with Gasteiger partial charge in [-0.15, -0.1) is 0 Å². The second-order valence-corrected chi connectivity index (χ2v) is 11.1. The van der Waals surface area contributed by atoms with Gasteiger partial charge in [-0.1, -0.05) is 6.42 Å². The van der Waals surface area contributed by atoms with Gasteiger partial charge < -0.3 is 10.1 Å². The predicted molar refractivity (Wildman–Crippen MR) is 125 cm³/mol. The summed E-state index contributed by atoms with van der Waals surface area (Å²) in [4.78, 5) is 12.7. The molecule has 6 nitrogen and oxygen atoms in total. The summed E-state index contributed by atoms with van der Waals surface area (Å²) >= 11 is 0. The Kier molecular flexibility index (Phi) is 6.58. The van der Waals surface area contributed by atoms with Gasteiger partial charge in [-0.05, 0) is 106 Å². The minimum absolute atomic E-state index is 0.0650. The van der Waals surface area contributed by atoms with E-state index in [0.717, 1.165) is 12.3 Å². The van der Waals surface area contributed by atoms with Gasteiger partial charge in [-0.3, -0.25) is 4.79 Å². The second kappa shape index (κ2) is 9.24. The molecule has 32 heavy (non-hydrogen) atoms. The van der Waals surface area contributed by atoms with Gasteiger partial charge in [0.2, 0.25) is 10.0 Å². The van der Waals surface area contributed by atoms with Crippen LogP contribution in [0.15, 0.2) is 53.4 Å². The van der Waals surface area contributed by atoms with Crippen molar-refractivity contribution in [2.75, 3.05) is 5.32 Å². The minimum atomic E-state index is -3.60. The lowest BCUT2D eigenvalue weighted by Gasteiger charge is -2.28. The molecule has 4 atom stereocenters. The molecule has 0 saturated heterocycles. The van der Waals surface area contributed by atoms with E-state index >= 15 is 0 Å². The highest BCUT2D eigenvalue weighted by Gasteiger charge is 2.42. The summed E-state index contributed by atoms with van der Waals surface area (Å²) in [6.45, 7) is 5.87. The van der Waals surface area contributed by atoms with E-state index in [1.165, 1.54) is 31.4 Å². The van der Waals surface area contributed by atoms with Crippen molar-refractivity contribution < 1.29 is 17.9 Å². The lowest BCUT2D eigenvalue weighted by Crippen LogP contribution is -2.40. The van der Waals surface area contributed by atoms with Gasteiger partial charge in [0, 0.05) is 17.3 Å². The first-order valence-corrected chi connectivity index (χ1v) is 12.9. The van der Waals surface area contributed by atoms with Crippen LogP contribution in [0.5, 0.6) is 5.75 Å². The van der Waals surface area contributed by atoms with E-state index in [1.54, 1.807) is 36.4 Å². The van der Waals surface area contributed by atoms with Crippen molar-refractivity contribution in [2.24, 2.45) is 17.8 Å². The highest BCUT2D eigenvalue weighted by atomic mass is 32.2. The fourth-order valence-corrected chi connectivity index (χ4v) is 6.48. The van der Waals surface area contributed by atoms with Crippen LogP contribution in [0.4, 0.5) is 5.69 Å². The normalized spacial score (nSPS) is 23.3. The van der Waals surface area contributed by atoms with Gasteiger partial charge in [0.05, 0.1) is 11.0 Å². The minimum Gasteiger partial charge on any atom is -0.491 e. The summed E-state index contributed by atoms with van der Waals surface area (Å²) in [7, 11) is -3.60. The number of fused-ring (bicyclic) bond motifs is 2. The van der Waals surface area contributed by atoms with Gasteiger partial charge in [-0.2, -0.15) is 0 Å². The monoisotopic (exact) mass is 456 g/mol. The number of carbonyl (C=O) groups excluding carboxylic acids is 1. The van der Waals surface area contributed by atoms with E-state index in [0.29, 0.717) is 28.8 Å². The maximum absolute atomic E-state index is 12.9. The Labute approximate surface area is 190 Å². The Morgan fingerprint density at radius 2 is 1.66 bits per heavy atom. The molecule has 0 unspecified atom stereocenters. The Morgan fingerprint density at radius 1 is 0.969 bits per heavy atom. The molecule has 0 aromatic heterocycles. The predicted octanol–water partition coefficient (Wildman–Crippen LogP) is 4.83. The molecule has 4 rings (SSSR count). The zero-order chi connectivity index (χ0) is 22.9. The second-order valence-electron chi connectivity index (χ2n) is 9.42. The van der Waals surface area contributed by atoms with Crippen LogP contribution in [0.25, 0.3) is 0 Å². The van der Waals surface area contributed by atoms with Gasteiger partial charge in [-0.25, -0.2) is 13.1 Å². The van der Waals surface area contributed by atoms with Crippen LogP contribution in [-0.4, -0.2) is 26.5 Å². The number of rotatable bonds is 8. The standard InChI is InChI=1S/C25H32N2O4S/c1-16(2)31-22-10-6-19(7-11-22)25(28)26-21-8-12-23(13-9-21)32(29,30)27-17(3)24-15-18-4-5-20(24)14-18/h6-13,16-18,20,24,27H,4-5,14-15H2,1-3H3,(H,26,28)/t17-,18-,20-,24-/m1/s1. The first-order valence-electron chi connectivity index (χ1n) is 11.4. The molecule has 172 valence electrons. The van der Waals surface area contributed by atoms with Crippen LogP contribution in [0, 0.1) is 17.8 Å². The molecule has 2 fully saturated rings. The topological polar surface area (TPSA) is 84.5 Å². The number of sulfonamides is 1. The lowest BCUT2D eigenvalue weighted by atomic mass is 9.84. The van der Waals surface area contributed by atoms with Crippen molar-refractivity contribution in [3.63, 3.8) is 0 Å². The van der Waals surface area contributed by atoms with Gasteiger partial charge in [0.15, 0.2) is 0 Å². The molecule has 2 aliphatic carbocycles. The van der Waals surface area contributed by atoms with Gasteiger partial charge >= 0.3 is 0 Å². The number of hydrogen-bond acceptors (Lipinski definition) is 4. The molecule has 2 aromatic carbocycles. The van der Waals surface area contributed by atoms with Crippen LogP contribution < -0.4 is 14.8 Å². The van der Waals surface area contributed by atoms with Crippen molar-refractivity contribution in [1.29, 1.82) is 0 Å². The van der Waals surface area contributed by atoms with E-state index in [2.05, 4.69) is 10.0 Å². The molecule has 2 bridgehead atoms. The van der Waals surface area contributed by atoms with Crippen LogP contribution >= 0.6 is 0 Å². The highest BCUT2D eigenvalue weighted by Crippen LogP contribution is 2.49. The Hall–Kier alpha value is -2.38.